The van der Waals surface area contributed by atoms with E-state index in [2.05, 4.69) is 29.4 Å². The molecule has 0 bridgehead atoms. The van der Waals surface area contributed by atoms with E-state index in [1.807, 2.05) is 0 Å². The van der Waals surface area contributed by atoms with E-state index in [-0.39, 0.29) is 40.3 Å². The van der Waals surface area contributed by atoms with Crippen LogP contribution >= 0.6 is 23.3 Å². The Labute approximate surface area is 176 Å². The topological polar surface area (TPSA) is 212 Å². The molecule has 0 aromatic carbocycles. The molecular formula is C14H15N7O7S2. The predicted molar refractivity (Wildman–Crippen MR) is 103 cm³/mol. The van der Waals surface area contributed by atoms with Crippen molar-refractivity contribution in [3.63, 3.8) is 0 Å². The normalized spacial score (nSPS) is 20.9. The van der Waals surface area contributed by atoms with Gasteiger partial charge in [0.25, 0.3) is 11.8 Å². The molecule has 3 amide bonds. The molecule has 2 aliphatic rings. The molecule has 16 heteroatoms. The number of hydrogen-bond acceptors (Lipinski definition) is 12. The second-order valence-electron chi connectivity index (χ2n) is 5.80. The van der Waals surface area contributed by atoms with Crippen molar-refractivity contribution in [2.75, 3.05) is 25.2 Å². The van der Waals surface area contributed by atoms with Crippen LogP contribution in [-0.2, 0) is 24.0 Å². The van der Waals surface area contributed by atoms with E-state index >= 15 is 0 Å². The molecule has 0 radical (unpaired) electrons. The number of rotatable bonds is 7. The highest BCUT2D eigenvalue weighted by molar-refractivity contribution is 8.00. The Hall–Kier alpha value is -3.40. The first-order valence-electron chi connectivity index (χ1n) is 8.08. The zero-order chi connectivity index (χ0) is 22.0. The van der Waals surface area contributed by atoms with Crippen molar-refractivity contribution in [3.05, 3.63) is 17.1 Å². The van der Waals surface area contributed by atoms with Crippen molar-refractivity contribution < 1.29 is 33.9 Å². The summed E-state index contributed by atoms with van der Waals surface area (Å²) in [5.41, 5.74) is 10.0. The summed E-state index contributed by atoms with van der Waals surface area (Å²) in [6.45, 7) is -0.362. The molecule has 3 rings (SSSR count). The molecule has 0 aliphatic carbocycles. The number of nitrogens with two attached hydrogens (primary N) is 2. The van der Waals surface area contributed by atoms with E-state index in [4.69, 9.17) is 11.5 Å². The van der Waals surface area contributed by atoms with Gasteiger partial charge in [-0.15, -0.1) is 11.8 Å². The van der Waals surface area contributed by atoms with E-state index in [1.54, 1.807) is 0 Å². The quantitative estimate of drug-likeness (QED) is 0.206. The zero-order valence-electron chi connectivity index (χ0n) is 15.2. The summed E-state index contributed by atoms with van der Waals surface area (Å²) in [4.78, 5) is 57.2. The Bertz CT molecular complexity index is 976. The number of β-lactam (4-membered cyclic amide) rings is 1. The number of thioether (sulfide) groups is 1. The van der Waals surface area contributed by atoms with Crippen molar-refractivity contribution in [2.45, 2.75) is 11.4 Å². The lowest BCUT2D eigenvalue weighted by Gasteiger charge is -2.49. The summed E-state index contributed by atoms with van der Waals surface area (Å²) in [5.74, 6) is -2.74. The number of nitrogen functional groups attached to an aromatic ring is 1. The number of primary amides is 1. The molecule has 2 atom stereocenters. The van der Waals surface area contributed by atoms with Crippen molar-refractivity contribution in [2.24, 2.45) is 10.9 Å². The highest BCUT2D eigenvalue weighted by atomic mass is 32.2. The minimum atomic E-state index is -1.37. The Kier molecular flexibility index (Phi) is 6.06. The molecule has 1 unspecified atom stereocenters. The molecule has 30 heavy (non-hydrogen) atoms. The van der Waals surface area contributed by atoms with Gasteiger partial charge >= 0.3 is 12.1 Å². The Morgan fingerprint density at radius 1 is 1.43 bits per heavy atom. The van der Waals surface area contributed by atoms with Gasteiger partial charge in [0.15, 0.2) is 5.13 Å². The number of ether oxygens (including phenoxy) is 1. The molecule has 1 aromatic heterocycles. The molecule has 3 heterocycles. The Morgan fingerprint density at radius 2 is 2.17 bits per heavy atom. The summed E-state index contributed by atoms with van der Waals surface area (Å²) in [7, 11) is 1.22. The van der Waals surface area contributed by atoms with Gasteiger partial charge in [0.2, 0.25) is 11.5 Å². The maximum Gasteiger partial charge on any atom is 0.404 e. The van der Waals surface area contributed by atoms with Crippen LogP contribution in [0.15, 0.2) is 16.4 Å². The van der Waals surface area contributed by atoms with Crippen LogP contribution in [0.5, 0.6) is 0 Å². The largest absolute Gasteiger partial charge is 0.477 e. The van der Waals surface area contributed by atoms with Crippen LogP contribution in [0.3, 0.4) is 0 Å². The third kappa shape index (κ3) is 3.99. The molecule has 0 spiro atoms. The van der Waals surface area contributed by atoms with Gasteiger partial charge in [0.1, 0.15) is 30.8 Å². The van der Waals surface area contributed by atoms with Gasteiger partial charge in [0, 0.05) is 22.9 Å². The smallest absolute Gasteiger partial charge is 0.404 e. The fourth-order valence-electron chi connectivity index (χ4n) is 2.77. The van der Waals surface area contributed by atoms with Gasteiger partial charge < -0.3 is 31.5 Å². The van der Waals surface area contributed by atoms with E-state index in [9.17, 15) is 24.3 Å². The van der Waals surface area contributed by atoms with Gasteiger partial charge in [-0.1, -0.05) is 5.16 Å². The molecule has 14 nitrogen and oxygen atoms in total. The molecule has 0 saturated carbocycles. The SMILES string of the molecule is CON=C(C(=O)NC1C(=O)N2C(C(=O)O)=C(COC(N)=O)CS[C@@H]12)c1nsc(N)n1. The van der Waals surface area contributed by atoms with E-state index in [0.717, 1.165) is 16.4 Å². The zero-order valence-corrected chi connectivity index (χ0v) is 16.9. The lowest BCUT2D eigenvalue weighted by atomic mass is 10.0. The molecule has 160 valence electrons. The number of nitrogens with one attached hydrogen (secondary N) is 1. The predicted octanol–water partition coefficient (Wildman–Crippen LogP) is -1.70. The summed E-state index contributed by atoms with van der Waals surface area (Å²) < 4.78 is 8.53. The van der Waals surface area contributed by atoms with Crippen molar-refractivity contribution in [1.82, 2.24) is 19.6 Å². The van der Waals surface area contributed by atoms with Gasteiger partial charge in [-0.3, -0.25) is 14.5 Å². The molecular weight excluding hydrogens is 442 g/mol. The number of carboxylic acid groups (broad SMARTS) is 1. The average molecular weight is 457 g/mol. The second kappa shape index (κ2) is 8.54. The molecule has 1 saturated heterocycles. The van der Waals surface area contributed by atoms with E-state index in [1.165, 1.54) is 18.9 Å². The number of carboxylic acids is 1. The van der Waals surface area contributed by atoms with Crippen LogP contribution in [0.25, 0.3) is 0 Å². The number of hydrogen-bond donors (Lipinski definition) is 4. The number of carbonyl (C=O) groups is 4. The molecule has 6 N–H and O–H groups in total. The number of anilines is 1. The summed E-state index contributed by atoms with van der Waals surface area (Å²) >= 11 is 2.04. The van der Waals surface area contributed by atoms with Gasteiger partial charge in [-0.05, 0) is 0 Å². The second-order valence-corrected chi connectivity index (χ2v) is 7.69. The van der Waals surface area contributed by atoms with Gasteiger partial charge in [-0.25, -0.2) is 9.59 Å². The number of carbonyl (C=O) groups excluding carboxylic acids is 3. The lowest BCUT2D eigenvalue weighted by Crippen LogP contribution is -2.71. The van der Waals surface area contributed by atoms with Crippen LogP contribution in [0.2, 0.25) is 0 Å². The monoisotopic (exact) mass is 457 g/mol. The minimum Gasteiger partial charge on any atom is -0.477 e. The minimum absolute atomic E-state index is 0.0752. The van der Waals surface area contributed by atoms with Crippen molar-refractivity contribution in [1.29, 1.82) is 0 Å². The van der Waals surface area contributed by atoms with Crippen LogP contribution in [0, 0.1) is 0 Å². The lowest BCUT2D eigenvalue weighted by molar-refractivity contribution is -0.150. The molecule has 2 aliphatic heterocycles. The fraction of sp³-hybridized carbons (Fsp3) is 0.357. The first-order chi connectivity index (χ1) is 14.2. The van der Waals surface area contributed by atoms with Crippen LogP contribution in [0.1, 0.15) is 5.82 Å². The van der Waals surface area contributed by atoms with Crippen molar-refractivity contribution in [3.8, 4) is 0 Å². The maximum atomic E-state index is 12.6. The first kappa shape index (κ1) is 21.3. The van der Waals surface area contributed by atoms with Crippen LogP contribution < -0.4 is 16.8 Å². The number of nitrogens with zero attached hydrogens (tertiary/aromatic N) is 4. The maximum absolute atomic E-state index is 12.6. The Morgan fingerprint density at radius 3 is 2.73 bits per heavy atom. The third-order valence-electron chi connectivity index (χ3n) is 3.98. The highest BCUT2D eigenvalue weighted by Gasteiger charge is 2.54. The molecule has 1 aromatic rings. The van der Waals surface area contributed by atoms with Crippen LogP contribution in [0.4, 0.5) is 9.93 Å². The number of oxime groups is 1. The first-order valence-corrected chi connectivity index (χ1v) is 9.90. The number of amides is 3. The standard InChI is InChI=1S/C14H15N7O7S2/c1-27-19-5(8-18-13(15)30-20-8)9(22)17-6-10(23)21-7(12(24)25)4(2-28-14(16)26)3-29-11(6)21/h6,11H,2-3H2,1H3,(H2,16,26)(H,17,22)(H,24,25)(H2,15,18,20)/t6?,11-/m0/s1. The summed E-state index contributed by atoms with van der Waals surface area (Å²) in [6, 6.07) is -1.02. The highest BCUT2D eigenvalue weighted by Crippen LogP contribution is 2.40. The average Bonchev–Trinajstić information content (AvgIpc) is 3.13. The van der Waals surface area contributed by atoms with Crippen molar-refractivity contribution >= 4 is 58.0 Å². The number of fused-ring (bicyclic) bond motifs is 1. The van der Waals surface area contributed by atoms with Gasteiger partial charge in [-0.2, -0.15) is 9.36 Å². The summed E-state index contributed by atoms with van der Waals surface area (Å²) in [5, 5.41) is 15.0. The Balaban J connectivity index is 1.77. The van der Waals surface area contributed by atoms with E-state index < -0.39 is 35.3 Å². The third-order valence-corrected chi connectivity index (χ3v) is 5.86. The molecule has 1 fully saturated rings. The number of aromatic nitrogens is 2. The summed E-state index contributed by atoms with van der Waals surface area (Å²) in [6.07, 6.45) is -1.07. The number of aliphatic carboxylic acids is 1. The van der Waals surface area contributed by atoms with Crippen LogP contribution in [-0.4, -0.2) is 79.8 Å². The fourth-order valence-corrected chi connectivity index (χ4v) is 4.53. The van der Waals surface area contributed by atoms with Gasteiger partial charge in [0.05, 0.1) is 0 Å². The van der Waals surface area contributed by atoms with E-state index in [0.29, 0.717) is 0 Å².